The Balaban J connectivity index is 1.71. The molecule has 1 unspecified atom stereocenters. The molecule has 1 fully saturated rings. The maximum absolute atomic E-state index is 11.9. The van der Waals surface area contributed by atoms with Gasteiger partial charge in [-0.05, 0) is 25.8 Å². The monoisotopic (exact) mass is 303 g/mol. The number of carbonyl (C=O) groups excluding carboxylic acids is 1. The Morgan fingerprint density at radius 1 is 1.14 bits per heavy atom. The molecule has 4 heteroatoms. The van der Waals surface area contributed by atoms with Crippen LogP contribution in [0.4, 0.5) is 0 Å². The number of piperazine rings is 1. The molecule has 1 atom stereocenters. The van der Waals surface area contributed by atoms with Crippen molar-refractivity contribution in [3.05, 3.63) is 35.4 Å². The van der Waals surface area contributed by atoms with E-state index in [0.717, 1.165) is 39.1 Å². The summed E-state index contributed by atoms with van der Waals surface area (Å²) in [6, 6.07) is 9.04. The van der Waals surface area contributed by atoms with E-state index in [9.17, 15) is 4.79 Å². The SMILES string of the molecule is CCC(C)NC(=O)CN1CCN(Cc2ccc(C)cc2)CC1. The predicted molar refractivity (Wildman–Crippen MR) is 90.8 cm³/mol. The minimum absolute atomic E-state index is 0.154. The highest BCUT2D eigenvalue weighted by atomic mass is 16.2. The van der Waals surface area contributed by atoms with Gasteiger partial charge in [-0.3, -0.25) is 14.6 Å². The maximum atomic E-state index is 11.9. The summed E-state index contributed by atoms with van der Waals surface area (Å²) >= 11 is 0. The molecule has 0 bridgehead atoms. The molecule has 1 N–H and O–H groups in total. The number of nitrogens with one attached hydrogen (secondary N) is 1. The Morgan fingerprint density at radius 3 is 2.32 bits per heavy atom. The van der Waals surface area contributed by atoms with Crippen LogP contribution in [0, 0.1) is 6.92 Å². The van der Waals surface area contributed by atoms with Crippen molar-refractivity contribution in [2.24, 2.45) is 0 Å². The molecule has 1 aliphatic rings. The van der Waals surface area contributed by atoms with E-state index in [2.05, 4.69) is 60.2 Å². The number of hydrogen-bond acceptors (Lipinski definition) is 3. The van der Waals surface area contributed by atoms with Crippen LogP contribution in [-0.2, 0) is 11.3 Å². The first-order valence-corrected chi connectivity index (χ1v) is 8.36. The summed E-state index contributed by atoms with van der Waals surface area (Å²) in [5, 5.41) is 3.04. The molecule has 1 aliphatic heterocycles. The van der Waals surface area contributed by atoms with E-state index in [4.69, 9.17) is 0 Å². The van der Waals surface area contributed by atoms with E-state index in [1.165, 1.54) is 11.1 Å². The zero-order valence-electron chi connectivity index (χ0n) is 14.1. The first-order valence-electron chi connectivity index (χ1n) is 8.36. The van der Waals surface area contributed by atoms with Crippen LogP contribution in [0.2, 0.25) is 0 Å². The topological polar surface area (TPSA) is 35.6 Å². The summed E-state index contributed by atoms with van der Waals surface area (Å²) in [7, 11) is 0. The van der Waals surface area contributed by atoms with Crippen molar-refractivity contribution in [2.45, 2.75) is 39.8 Å². The summed E-state index contributed by atoms with van der Waals surface area (Å²) in [5.41, 5.74) is 2.68. The van der Waals surface area contributed by atoms with Gasteiger partial charge in [-0.15, -0.1) is 0 Å². The fraction of sp³-hybridized carbons (Fsp3) is 0.611. The Hall–Kier alpha value is -1.39. The highest BCUT2D eigenvalue weighted by Crippen LogP contribution is 2.09. The van der Waals surface area contributed by atoms with E-state index in [-0.39, 0.29) is 11.9 Å². The third-order valence-electron chi connectivity index (χ3n) is 4.38. The van der Waals surface area contributed by atoms with E-state index < -0.39 is 0 Å². The van der Waals surface area contributed by atoms with Crippen molar-refractivity contribution in [1.82, 2.24) is 15.1 Å². The second kappa shape index (κ2) is 8.30. The van der Waals surface area contributed by atoms with Gasteiger partial charge in [-0.1, -0.05) is 36.8 Å². The fourth-order valence-corrected chi connectivity index (χ4v) is 2.68. The number of rotatable bonds is 6. The predicted octanol–water partition coefficient (Wildman–Crippen LogP) is 2.03. The smallest absolute Gasteiger partial charge is 0.234 e. The van der Waals surface area contributed by atoms with Gasteiger partial charge >= 0.3 is 0 Å². The molecule has 0 spiro atoms. The first-order chi connectivity index (χ1) is 10.6. The molecule has 0 aromatic heterocycles. The maximum Gasteiger partial charge on any atom is 0.234 e. The quantitative estimate of drug-likeness (QED) is 0.873. The van der Waals surface area contributed by atoms with E-state index in [0.29, 0.717) is 6.54 Å². The number of amides is 1. The van der Waals surface area contributed by atoms with Crippen molar-refractivity contribution in [2.75, 3.05) is 32.7 Å². The standard InChI is InChI=1S/C18H29N3O/c1-4-16(3)19-18(22)14-21-11-9-20(10-12-21)13-17-7-5-15(2)6-8-17/h5-8,16H,4,9-14H2,1-3H3,(H,19,22). The van der Waals surface area contributed by atoms with Gasteiger partial charge in [0, 0.05) is 38.8 Å². The highest BCUT2D eigenvalue weighted by Gasteiger charge is 2.19. The minimum Gasteiger partial charge on any atom is -0.353 e. The van der Waals surface area contributed by atoms with Crippen molar-refractivity contribution < 1.29 is 4.79 Å². The van der Waals surface area contributed by atoms with Gasteiger partial charge in [-0.25, -0.2) is 0 Å². The average molecular weight is 303 g/mol. The lowest BCUT2D eigenvalue weighted by atomic mass is 10.1. The summed E-state index contributed by atoms with van der Waals surface area (Å²) in [6.45, 7) is 11.8. The Morgan fingerprint density at radius 2 is 1.73 bits per heavy atom. The number of aryl methyl sites for hydroxylation is 1. The van der Waals surface area contributed by atoms with Crippen molar-refractivity contribution in [3.8, 4) is 0 Å². The Bertz CT molecular complexity index is 464. The van der Waals surface area contributed by atoms with E-state index in [1.54, 1.807) is 0 Å². The van der Waals surface area contributed by atoms with Gasteiger partial charge in [0.2, 0.25) is 5.91 Å². The normalized spacial score (nSPS) is 18.1. The summed E-state index contributed by atoms with van der Waals surface area (Å²) < 4.78 is 0. The van der Waals surface area contributed by atoms with Crippen LogP contribution < -0.4 is 5.32 Å². The molecular formula is C18H29N3O. The lowest BCUT2D eigenvalue weighted by Gasteiger charge is -2.34. The summed E-state index contributed by atoms with van der Waals surface area (Å²) in [6.07, 6.45) is 0.982. The van der Waals surface area contributed by atoms with E-state index in [1.807, 2.05) is 0 Å². The number of carbonyl (C=O) groups is 1. The van der Waals surface area contributed by atoms with Gasteiger partial charge < -0.3 is 5.32 Å². The van der Waals surface area contributed by atoms with Crippen LogP contribution in [-0.4, -0.2) is 54.5 Å². The molecule has 0 aliphatic carbocycles. The highest BCUT2D eigenvalue weighted by molar-refractivity contribution is 5.78. The van der Waals surface area contributed by atoms with Crippen molar-refractivity contribution >= 4 is 5.91 Å². The second-order valence-corrected chi connectivity index (χ2v) is 6.41. The van der Waals surface area contributed by atoms with Crippen LogP contribution in [0.3, 0.4) is 0 Å². The molecule has 1 aromatic carbocycles. The number of hydrogen-bond donors (Lipinski definition) is 1. The second-order valence-electron chi connectivity index (χ2n) is 6.41. The third-order valence-corrected chi connectivity index (χ3v) is 4.38. The summed E-state index contributed by atoms with van der Waals surface area (Å²) in [5.74, 6) is 0.154. The molecule has 1 saturated heterocycles. The Labute approximate surface area is 134 Å². The minimum atomic E-state index is 0.154. The zero-order chi connectivity index (χ0) is 15.9. The average Bonchev–Trinajstić information content (AvgIpc) is 2.51. The van der Waals surface area contributed by atoms with Gasteiger partial charge in [0.1, 0.15) is 0 Å². The van der Waals surface area contributed by atoms with Crippen LogP contribution in [0.5, 0.6) is 0 Å². The van der Waals surface area contributed by atoms with Crippen LogP contribution >= 0.6 is 0 Å². The van der Waals surface area contributed by atoms with Crippen LogP contribution in [0.25, 0.3) is 0 Å². The van der Waals surface area contributed by atoms with E-state index >= 15 is 0 Å². The molecule has 1 aromatic rings. The Kier molecular flexibility index (Phi) is 6.40. The lowest BCUT2D eigenvalue weighted by Crippen LogP contribution is -2.49. The largest absolute Gasteiger partial charge is 0.353 e. The molecule has 1 amide bonds. The summed E-state index contributed by atoms with van der Waals surface area (Å²) in [4.78, 5) is 16.6. The van der Waals surface area contributed by atoms with Crippen molar-refractivity contribution in [3.63, 3.8) is 0 Å². The number of benzene rings is 1. The molecule has 4 nitrogen and oxygen atoms in total. The molecular weight excluding hydrogens is 274 g/mol. The molecule has 0 saturated carbocycles. The molecule has 0 radical (unpaired) electrons. The van der Waals surface area contributed by atoms with Gasteiger partial charge in [0.15, 0.2) is 0 Å². The first kappa shape index (κ1) is 17.0. The fourth-order valence-electron chi connectivity index (χ4n) is 2.68. The van der Waals surface area contributed by atoms with Crippen LogP contribution in [0.15, 0.2) is 24.3 Å². The third kappa shape index (κ3) is 5.43. The molecule has 2 rings (SSSR count). The zero-order valence-corrected chi connectivity index (χ0v) is 14.1. The number of nitrogens with zero attached hydrogens (tertiary/aromatic N) is 2. The molecule has 1 heterocycles. The van der Waals surface area contributed by atoms with Crippen molar-refractivity contribution in [1.29, 1.82) is 0 Å². The van der Waals surface area contributed by atoms with Gasteiger partial charge in [0.25, 0.3) is 0 Å². The van der Waals surface area contributed by atoms with Gasteiger partial charge in [0.05, 0.1) is 6.54 Å². The van der Waals surface area contributed by atoms with Crippen LogP contribution in [0.1, 0.15) is 31.4 Å². The van der Waals surface area contributed by atoms with Gasteiger partial charge in [-0.2, -0.15) is 0 Å². The molecule has 122 valence electrons. The molecule has 22 heavy (non-hydrogen) atoms. The lowest BCUT2D eigenvalue weighted by molar-refractivity contribution is -0.123.